The van der Waals surface area contributed by atoms with Gasteiger partial charge in [-0.25, -0.2) is 0 Å². The first-order valence-electron chi connectivity index (χ1n) is 7.46. The topological polar surface area (TPSA) is 12.9 Å². The van der Waals surface area contributed by atoms with E-state index in [1.165, 1.54) is 30.5 Å². The predicted molar refractivity (Wildman–Crippen MR) is 85.1 cm³/mol. The lowest BCUT2D eigenvalue weighted by Gasteiger charge is -2.09. The van der Waals surface area contributed by atoms with E-state index in [2.05, 4.69) is 4.98 Å². The van der Waals surface area contributed by atoms with Crippen molar-refractivity contribution in [2.45, 2.75) is 12.4 Å². The van der Waals surface area contributed by atoms with Crippen molar-refractivity contribution in [1.82, 2.24) is 4.98 Å². The van der Waals surface area contributed by atoms with Crippen molar-refractivity contribution >= 4 is 0 Å². The summed E-state index contributed by atoms with van der Waals surface area (Å²) in [6, 6.07) is 12.5. The zero-order chi connectivity index (χ0) is 18.9. The average Bonchev–Trinajstić information content (AvgIpc) is 2.61. The van der Waals surface area contributed by atoms with E-state index in [4.69, 9.17) is 0 Å². The first-order valence-corrected chi connectivity index (χ1v) is 7.46. The second-order valence-corrected chi connectivity index (χ2v) is 5.58. The number of nitrogens with zero attached hydrogens (tertiary/aromatic N) is 1. The Morgan fingerprint density at radius 2 is 0.923 bits per heavy atom. The van der Waals surface area contributed by atoms with Crippen LogP contribution in [0.1, 0.15) is 11.1 Å². The summed E-state index contributed by atoms with van der Waals surface area (Å²) >= 11 is 0. The number of benzene rings is 2. The normalized spacial score (nSPS) is 12.2. The molecule has 3 rings (SSSR count). The molecule has 0 atom stereocenters. The molecule has 0 saturated carbocycles. The van der Waals surface area contributed by atoms with Gasteiger partial charge in [-0.05, 0) is 35.9 Å². The Morgan fingerprint density at radius 3 is 1.31 bits per heavy atom. The fourth-order valence-corrected chi connectivity index (χ4v) is 2.42. The maximum atomic E-state index is 12.6. The molecule has 2 aromatic carbocycles. The molecule has 0 amide bonds. The molecule has 0 aliphatic rings. The molecule has 0 unspecified atom stereocenters. The fraction of sp³-hybridized carbons (Fsp3) is 0.105. The van der Waals surface area contributed by atoms with Gasteiger partial charge in [-0.1, -0.05) is 30.3 Å². The van der Waals surface area contributed by atoms with Crippen LogP contribution in [-0.4, -0.2) is 4.98 Å². The molecule has 1 aromatic heterocycles. The Balaban J connectivity index is 1.82. The number of pyridine rings is 1. The summed E-state index contributed by atoms with van der Waals surface area (Å²) in [5.74, 6) is 0. The molecule has 0 fully saturated rings. The molecule has 0 N–H and O–H groups in total. The highest BCUT2D eigenvalue weighted by molar-refractivity contribution is 5.67. The lowest BCUT2D eigenvalue weighted by molar-refractivity contribution is -0.138. The molecule has 0 saturated heterocycles. The van der Waals surface area contributed by atoms with E-state index in [1.807, 2.05) is 0 Å². The molecule has 0 spiro atoms. The number of hydrogen-bond acceptors (Lipinski definition) is 1. The van der Waals surface area contributed by atoms with Gasteiger partial charge in [0.2, 0.25) is 0 Å². The van der Waals surface area contributed by atoms with Gasteiger partial charge in [0.05, 0.1) is 16.8 Å². The standard InChI is InChI=1S/C19H11F6N/c20-18(21,22)15-6-1-12(2-7-15)14-5-10-17(26-11-14)13-3-8-16(9-4-13)19(23,24)25/h1-11H. The molecular weight excluding hydrogens is 356 g/mol. The van der Waals surface area contributed by atoms with Crippen molar-refractivity contribution in [2.24, 2.45) is 0 Å². The zero-order valence-electron chi connectivity index (χ0n) is 13.1. The molecule has 7 heteroatoms. The molecule has 134 valence electrons. The second kappa shape index (κ2) is 6.48. The van der Waals surface area contributed by atoms with Crippen LogP contribution in [0, 0.1) is 0 Å². The quantitative estimate of drug-likeness (QED) is 0.474. The average molecular weight is 367 g/mol. The highest BCUT2D eigenvalue weighted by atomic mass is 19.4. The van der Waals surface area contributed by atoms with Gasteiger partial charge < -0.3 is 0 Å². The monoisotopic (exact) mass is 367 g/mol. The van der Waals surface area contributed by atoms with E-state index >= 15 is 0 Å². The van der Waals surface area contributed by atoms with Crippen LogP contribution in [0.2, 0.25) is 0 Å². The number of alkyl halides is 6. The Labute approximate surface area is 144 Å². The van der Waals surface area contributed by atoms with Crippen molar-refractivity contribution in [3.63, 3.8) is 0 Å². The number of hydrogen-bond donors (Lipinski definition) is 0. The Kier molecular flexibility index (Phi) is 4.48. The van der Waals surface area contributed by atoms with Crippen LogP contribution in [0.4, 0.5) is 26.3 Å². The Bertz CT molecular complexity index is 799. The van der Waals surface area contributed by atoms with Gasteiger partial charge in [0.15, 0.2) is 0 Å². The lowest BCUT2D eigenvalue weighted by Crippen LogP contribution is -2.04. The second-order valence-electron chi connectivity index (χ2n) is 5.58. The minimum absolute atomic E-state index is 0.467. The van der Waals surface area contributed by atoms with Crippen LogP contribution in [0.15, 0.2) is 66.9 Å². The van der Waals surface area contributed by atoms with Crippen molar-refractivity contribution in [1.29, 1.82) is 0 Å². The largest absolute Gasteiger partial charge is 0.416 e. The minimum atomic E-state index is -4.40. The first-order chi connectivity index (χ1) is 12.1. The molecule has 26 heavy (non-hydrogen) atoms. The van der Waals surface area contributed by atoms with Gasteiger partial charge in [-0.2, -0.15) is 26.3 Å². The first kappa shape index (κ1) is 18.0. The summed E-state index contributed by atoms with van der Waals surface area (Å²) in [4.78, 5) is 4.18. The van der Waals surface area contributed by atoms with E-state index in [1.54, 1.807) is 12.1 Å². The zero-order valence-corrected chi connectivity index (χ0v) is 13.1. The highest BCUT2D eigenvalue weighted by Crippen LogP contribution is 2.32. The van der Waals surface area contributed by atoms with Crippen molar-refractivity contribution < 1.29 is 26.3 Å². The highest BCUT2D eigenvalue weighted by Gasteiger charge is 2.30. The van der Waals surface area contributed by atoms with Gasteiger partial charge in [-0.15, -0.1) is 0 Å². The van der Waals surface area contributed by atoms with Crippen LogP contribution in [0.5, 0.6) is 0 Å². The summed E-state index contributed by atoms with van der Waals surface area (Å²) in [5.41, 5.74) is 0.656. The van der Waals surface area contributed by atoms with E-state index < -0.39 is 23.5 Å². The summed E-state index contributed by atoms with van der Waals surface area (Å²) in [7, 11) is 0. The predicted octanol–water partition coefficient (Wildman–Crippen LogP) is 6.45. The molecule has 3 aromatic rings. The Hall–Kier alpha value is -2.83. The van der Waals surface area contributed by atoms with Gasteiger partial charge in [0.1, 0.15) is 0 Å². The minimum Gasteiger partial charge on any atom is -0.256 e. The third-order valence-electron chi connectivity index (χ3n) is 3.82. The lowest BCUT2D eigenvalue weighted by atomic mass is 10.0. The fourth-order valence-electron chi connectivity index (χ4n) is 2.42. The smallest absolute Gasteiger partial charge is 0.256 e. The van der Waals surface area contributed by atoms with Crippen molar-refractivity contribution in [3.8, 4) is 22.4 Å². The van der Waals surface area contributed by atoms with E-state index in [0.717, 1.165) is 24.3 Å². The van der Waals surface area contributed by atoms with E-state index in [9.17, 15) is 26.3 Å². The summed E-state index contributed by atoms with van der Waals surface area (Å²) in [6.45, 7) is 0. The molecule has 0 bridgehead atoms. The SMILES string of the molecule is FC(F)(F)c1ccc(-c2ccc(-c3ccc(C(F)(F)F)cc3)nc2)cc1. The molecule has 1 nitrogen and oxygen atoms in total. The number of aromatic nitrogens is 1. The number of halogens is 6. The van der Waals surface area contributed by atoms with Gasteiger partial charge in [0, 0.05) is 17.3 Å². The summed E-state index contributed by atoms with van der Waals surface area (Å²) < 4.78 is 75.5. The third-order valence-corrected chi connectivity index (χ3v) is 3.82. The van der Waals surface area contributed by atoms with Crippen molar-refractivity contribution in [3.05, 3.63) is 78.0 Å². The van der Waals surface area contributed by atoms with E-state index in [-0.39, 0.29) is 0 Å². The molecule has 0 aliphatic heterocycles. The van der Waals surface area contributed by atoms with Gasteiger partial charge in [-0.3, -0.25) is 4.98 Å². The summed E-state index contributed by atoms with van der Waals surface area (Å²) in [5, 5.41) is 0. The van der Waals surface area contributed by atoms with Crippen LogP contribution in [-0.2, 0) is 12.4 Å². The van der Waals surface area contributed by atoms with Gasteiger partial charge >= 0.3 is 12.4 Å². The van der Waals surface area contributed by atoms with Gasteiger partial charge in [0.25, 0.3) is 0 Å². The third kappa shape index (κ3) is 3.87. The van der Waals surface area contributed by atoms with Crippen LogP contribution >= 0.6 is 0 Å². The summed E-state index contributed by atoms with van der Waals surface area (Å²) in [6.07, 6.45) is -7.34. The molecule has 0 radical (unpaired) electrons. The Morgan fingerprint density at radius 1 is 0.500 bits per heavy atom. The van der Waals surface area contributed by atoms with Crippen LogP contribution in [0.3, 0.4) is 0 Å². The van der Waals surface area contributed by atoms with Crippen molar-refractivity contribution in [2.75, 3.05) is 0 Å². The molecule has 1 heterocycles. The maximum Gasteiger partial charge on any atom is 0.416 e. The van der Waals surface area contributed by atoms with Crippen LogP contribution in [0.25, 0.3) is 22.4 Å². The molecule has 0 aliphatic carbocycles. The van der Waals surface area contributed by atoms with Crippen LogP contribution < -0.4 is 0 Å². The number of rotatable bonds is 2. The van der Waals surface area contributed by atoms with E-state index in [0.29, 0.717) is 22.4 Å². The molecular formula is C19H11F6N. The maximum absolute atomic E-state index is 12.6.